The molecule has 13 unspecified atom stereocenters. The van der Waals surface area contributed by atoms with Gasteiger partial charge in [0.1, 0.15) is 6.10 Å². The Morgan fingerprint density at radius 1 is 0.917 bits per heavy atom. The molecule has 13 atom stereocenters. The van der Waals surface area contributed by atoms with E-state index in [0.717, 1.165) is 25.7 Å². The van der Waals surface area contributed by atoms with Crippen LogP contribution in [0.1, 0.15) is 92.4 Å². The summed E-state index contributed by atoms with van der Waals surface area (Å²) < 4.78 is 12.1. The van der Waals surface area contributed by atoms with Crippen molar-refractivity contribution in [1.82, 2.24) is 0 Å². The Balaban J connectivity index is 1.32. The summed E-state index contributed by atoms with van der Waals surface area (Å²) in [5.74, 6) is 1.52. The lowest BCUT2D eigenvalue weighted by Gasteiger charge is -2.63. The summed E-state index contributed by atoms with van der Waals surface area (Å²) in [4.78, 5) is 0. The minimum atomic E-state index is -0.530. The molecule has 5 aliphatic carbocycles. The first-order valence-electron chi connectivity index (χ1n) is 14.7. The van der Waals surface area contributed by atoms with E-state index < -0.39 is 6.10 Å². The summed E-state index contributed by atoms with van der Waals surface area (Å²) in [5.41, 5.74) is 1.89. The summed E-state index contributed by atoms with van der Waals surface area (Å²) in [6.07, 6.45) is 10.9. The summed E-state index contributed by atoms with van der Waals surface area (Å²) in [5, 5.41) is 32.9. The van der Waals surface area contributed by atoms with Crippen molar-refractivity contribution in [3.63, 3.8) is 0 Å². The van der Waals surface area contributed by atoms with E-state index in [2.05, 4.69) is 40.7 Å². The van der Waals surface area contributed by atoms with Gasteiger partial charge in [-0.1, -0.05) is 32.4 Å². The largest absolute Gasteiger partial charge is 0.396 e. The second kappa shape index (κ2) is 8.03. The maximum Gasteiger partial charge on any atom is 0.163 e. The van der Waals surface area contributed by atoms with Gasteiger partial charge in [0.25, 0.3) is 0 Å². The monoisotopic (exact) mass is 502 g/mol. The van der Waals surface area contributed by atoms with E-state index in [9.17, 15) is 15.3 Å². The number of fused-ring (bicyclic) bond motifs is 2. The van der Waals surface area contributed by atoms with Crippen LogP contribution < -0.4 is 0 Å². The van der Waals surface area contributed by atoms with Gasteiger partial charge in [-0.05, 0) is 111 Å². The SMILES string of the molecule is COC1OC(C=C(C)C)C(O)C1C1CCC2(C)C3CCC4C(C)(CO)C(O)CCC45CC35CCC12C. The van der Waals surface area contributed by atoms with E-state index in [1.54, 1.807) is 7.11 Å². The van der Waals surface area contributed by atoms with Gasteiger partial charge in [0, 0.05) is 18.4 Å². The van der Waals surface area contributed by atoms with E-state index in [1.807, 2.05) is 0 Å². The molecule has 204 valence electrons. The quantitative estimate of drug-likeness (QED) is 0.468. The molecule has 5 saturated carbocycles. The normalized spacial score (nSPS) is 59.5. The van der Waals surface area contributed by atoms with Gasteiger partial charge in [0.2, 0.25) is 0 Å². The van der Waals surface area contributed by atoms with Gasteiger partial charge in [-0.3, -0.25) is 0 Å². The third-order valence-corrected chi connectivity index (χ3v) is 13.8. The molecule has 0 amide bonds. The second-order valence-corrected chi connectivity index (χ2v) is 14.9. The van der Waals surface area contributed by atoms with Crippen LogP contribution in [0.15, 0.2) is 11.6 Å². The smallest absolute Gasteiger partial charge is 0.163 e. The summed E-state index contributed by atoms with van der Waals surface area (Å²) in [7, 11) is 1.73. The van der Waals surface area contributed by atoms with E-state index in [0.29, 0.717) is 28.6 Å². The average molecular weight is 503 g/mol. The molecule has 36 heavy (non-hydrogen) atoms. The number of rotatable bonds is 4. The molecule has 6 fully saturated rings. The summed E-state index contributed by atoms with van der Waals surface area (Å²) >= 11 is 0. The van der Waals surface area contributed by atoms with Gasteiger partial charge in [0.15, 0.2) is 6.29 Å². The fourth-order valence-corrected chi connectivity index (χ4v) is 11.9. The van der Waals surface area contributed by atoms with Gasteiger partial charge >= 0.3 is 0 Å². The maximum atomic E-state index is 11.5. The van der Waals surface area contributed by atoms with Crippen molar-refractivity contribution in [2.24, 2.45) is 50.7 Å². The number of hydrogen-bond acceptors (Lipinski definition) is 5. The lowest BCUT2D eigenvalue weighted by Crippen LogP contribution is -2.59. The second-order valence-electron chi connectivity index (χ2n) is 14.9. The molecule has 1 saturated heterocycles. The molecule has 6 rings (SSSR count). The van der Waals surface area contributed by atoms with E-state index in [4.69, 9.17) is 9.47 Å². The van der Waals surface area contributed by atoms with Crippen LogP contribution in [0.4, 0.5) is 0 Å². The molecule has 0 aromatic heterocycles. The Morgan fingerprint density at radius 3 is 2.28 bits per heavy atom. The molecule has 2 spiro atoms. The summed E-state index contributed by atoms with van der Waals surface area (Å²) in [6.45, 7) is 11.5. The van der Waals surface area contributed by atoms with E-state index in [1.165, 1.54) is 37.7 Å². The van der Waals surface area contributed by atoms with Crippen LogP contribution in [0, 0.1) is 50.7 Å². The van der Waals surface area contributed by atoms with Crippen LogP contribution in [0.5, 0.6) is 0 Å². The fraction of sp³-hybridized carbons (Fsp3) is 0.935. The maximum absolute atomic E-state index is 11.5. The van der Waals surface area contributed by atoms with Gasteiger partial charge in [-0.15, -0.1) is 0 Å². The van der Waals surface area contributed by atoms with E-state index >= 15 is 0 Å². The highest BCUT2D eigenvalue weighted by Crippen LogP contribution is 2.89. The lowest BCUT2D eigenvalue weighted by molar-refractivity contribution is -0.184. The molecule has 0 aromatic carbocycles. The highest BCUT2D eigenvalue weighted by molar-refractivity contribution is 5.31. The van der Waals surface area contributed by atoms with Gasteiger partial charge in [-0.25, -0.2) is 0 Å². The number of aliphatic hydroxyl groups is 3. The van der Waals surface area contributed by atoms with Crippen molar-refractivity contribution < 1.29 is 24.8 Å². The topological polar surface area (TPSA) is 79.2 Å². The number of aliphatic hydroxyl groups excluding tert-OH is 3. The highest BCUT2D eigenvalue weighted by atomic mass is 16.7. The Morgan fingerprint density at radius 2 is 1.61 bits per heavy atom. The third kappa shape index (κ3) is 2.91. The fourth-order valence-electron chi connectivity index (χ4n) is 11.9. The Kier molecular flexibility index (Phi) is 5.76. The lowest BCUT2D eigenvalue weighted by atomic mass is 9.41. The zero-order chi connectivity index (χ0) is 25.9. The van der Waals surface area contributed by atoms with Crippen molar-refractivity contribution in [2.45, 2.75) is 117 Å². The first-order chi connectivity index (χ1) is 16.9. The Labute approximate surface area is 218 Å². The number of ether oxygens (including phenoxy) is 2. The molecular formula is C31H50O5. The van der Waals surface area contributed by atoms with Crippen LogP contribution in [-0.2, 0) is 9.47 Å². The standard InChI is InChI=1S/C31H50O5/c1-18(2)15-20-25(34)24(26(35-6)36-20)19-9-11-29(5)22-8-7-21-27(3,17-32)23(33)10-12-30(21)16-31(22,30)14-13-28(19,29)4/h15,19-26,32-34H,7-14,16-17H2,1-6H3. The predicted octanol–water partition coefficient (Wildman–Crippen LogP) is 5.07. The van der Waals surface area contributed by atoms with Crippen LogP contribution in [0.3, 0.4) is 0 Å². The van der Waals surface area contributed by atoms with Crippen molar-refractivity contribution in [2.75, 3.05) is 13.7 Å². The van der Waals surface area contributed by atoms with Crippen molar-refractivity contribution in [1.29, 1.82) is 0 Å². The van der Waals surface area contributed by atoms with E-state index in [-0.39, 0.29) is 47.3 Å². The van der Waals surface area contributed by atoms with Gasteiger partial charge in [-0.2, -0.15) is 0 Å². The number of allylic oxidation sites excluding steroid dienone is 1. The van der Waals surface area contributed by atoms with Crippen molar-refractivity contribution >= 4 is 0 Å². The molecule has 3 N–H and O–H groups in total. The molecule has 5 nitrogen and oxygen atoms in total. The zero-order valence-electron chi connectivity index (χ0n) is 23.4. The minimum absolute atomic E-state index is 0.00323. The Bertz CT molecular complexity index is 930. The van der Waals surface area contributed by atoms with Crippen LogP contribution in [-0.4, -0.2) is 53.6 Å². The molecule has 6 aliphatic rings. The van der Waals surface area contributed by atoms with Crippen LogP contribution in [0.25, 0.3) is 0 Å². The number of methoxy groups -OCH3 is 1. The molecule has 1 heterocycles. The summed E-state index contributed by atoms with van der Waals surface area (Å²) in [6, 6.07) is 0. The predicted molar refractivity (Wildman–Crippen MR) is 139 cm³/mol. The third-order valence-electron chi connectivity index (χ3n) is 13.8. The van der Waals surface area contributed by atoms with Crippen LogP contribution >= 0.6 is 0 Å². The first-order valence-corrected chi connectivity index (χ1v) is 14.7. The molecule has 0 bridgehead atoms. The Hall–Kier alpha value is -0.460. The number of hydrogen-bond donors (Lipinski definition) is 3. The van der Waals surface area contributed by atoms with Gasteiger partial charge < -0.3 is 24.8 Å². The van der Waals surface area contributed by atoms with Gasteiger partial charge in [0.05, 0.1) is 18.8 Å². The molecular weight excluding hydrogens is 452 g/mol. The molecule has 0 aromatic rings. The first kappa shape index (κ1) is 25.8. The molecule has 0 radical (unpaired) electrons. The highest BCUT2D eigenvalue weighted by Gasteiger charge is 2.82. The van der Waals surface area contributed by atoms with Crippen molar-refractivity contribution in [3.8, 4) is 0 Å². The average Bonchev–Trinajstić information content (AvgIpc) is 3.31. The minimum Gasteiger partial charge on any atom is -0.396 e. The molecule has 5 heteroatoms. The van der Waals surface area contributed by atoms with Crippen molar-refractivity contribution in [3.05, 3.63) is 11.6 Å². The zero-order valence-corrected chi connectivity index (χ0v) is 23.4. The molecule has 1 aliphatic heterocycles. The van der Waals surface area contributed by atoms with Crippen LogP contribution in [0.2, 0.25) is 0 Å².